The van der Waals surface area contributed by atoms with Gasteiger partial charge in [0.2, 0.25) is 0 Å². The molecule has 14 aromatic rings. The van der Waals surface area contributed by atoms with Crippen molar-refractivity contribution in [3.63, 3.8) is 0 Å². The predicted molar refractivity (Wildman–Crippen MR) is 502 cm³/mol. The van der Waals surface area contributed by atoms with Crippen LogP contribution in [0.15, 0.2) is 352 Å². The Hall–Kier alpha value is -10.3. The number of hydrogen-bond acceptors (Lipinski definition) is 24. The zero-order valence-corrected chi connectivity index (χ0v) is 86.2. The Labute approximate surface area is 836 Å². The van der Waals surface area contributed by atoms with Crippen LogP contribution in [0.4, 0.5) is 0 Å². The van der Waals surface area contributed by atoms with E-state index in [-0.39, 0.29) is 154 Å². The van der Waals surface area contributed by atoms with Crippen molar-refractivity contribution in [1.82, 2.24) is 0 Å². The van der Waals surface area contributed by atoms with Gasteiger partial charge in [0.15, 0.2) is 0 Å². The van der Waals surface area contributed by atoms with Crippen LogP contribution in [0.25, 0.3) is 0 Å². The predicted octanol–water partition coefficient (Wildman–Crippen LogP) is 11.3. The van der Waals surface area contributed by atoms with E-state index in [1.54, 1.807) is 146 Å². The fourth-order valence-corrected chi connectivity index (χ4v) is 19.6. The van der Waals surface area contributed by atoms with Crippen molar-refractivity contribution in [2.75, 3.05) is 85.3 Å². The van der Waals surface area contributed by atoms with Crippen molar-refractivity contribution in [2.24, 2.45) is 0 Å². The number of hydrogen-bond donors (Lipinski definition) is 0. The summed E-state index contributed by atoms with van der Waals surface area (Å²) in [5, 5.41) is 3.15. The minimum Gasteiger partial charge on any atom is -2.00 e. The summed E-state index contributed by atoms with van der Waals surface area (Å²) in [6, 6.07) is 96.5. The third-order valence-electron chi connectivity index (χ3n) is 18.8. The van der Waals surface area contributed by atoms with E-state index in [1.807, 2.05) is 36.4 Å². The van der Waals surface area contributed by atoms with E-state index in [4.69, 9.17) is 56.8 Å². The maximum Gasteiger partial charge on any atom is 3.00 e. The van der Waals surface area contributed by atoms with Crippen molar-refractivity contribution in [3.05, 3.63) is 363 Å². The first-order chi connectivity index (χ1) is 61.2. The number of aryl methyl sites for hydroxylation is 2. The second kappa shape index (κ2) is 63.3. The van der Waals surface area contributed by atoms with Gasteiger partial charge in [-0.25, -0.2) is 0 Å². The van der Waals surface area contributed by atoms with Crippen molar-refractivity contribution in [1.29, 1.82) is 0 Å². The first-order valence-corrected chi connectivity index (χ1v) is 48.6. The summed E-state index contributed by atoms with van der Waals surface area (Å²) >= 11 is 0. The van der Waals surface area contributed by atoms with Gasteiger partial charge < -0.3 is 135 Å². The largest absolute Gasteiger partial charge is 3.00 e. The quantitative estimate of drug-likeness (QED) is 0.0400. The van der Waals surface area contributed by atoms with E-state index in [0.29, 0.717) is 69.0 Å². The first-order valence-electron chi connectivity index (χ1n) is 38.9. The van der Waals surface area contributed by atoms with Crippen LogP contribution in [-0.4, -0.2) is 85.3 Å². The Morgan fingerprint density at radius 2 is 0.228 bits per heavy atom. The molecule has 0 bridgehead atoms. The van der Waals surface area contributed by atoms with Gasteiger partial charge in [0.1, 0.15) is 69.0 Å². The molecule has 0 heterocycles. The van der Waals surface area contributed by atoms with Crippen molar-refractivity contribution in [2.45, 2.75) is 13.8 Å². The minimum absolute atomic E-state index is 0. The third kappa shape index (κ3) is 37.9. The van der Waals surface area contributed by atoms with E-state index >= 15 is 0 Å². The van der Waals surface area contributed by atoms with Crippen LogP contribution in [0.3, 0.4) is 0 Å². The smallest absolute Gasteiger partial charge is 2.00 e. The van der Waals surface area contributed by atoms with Gasteiger partial charge >= 0.3 is 34.1 Å². The molecule has 0 aromatic heterocycles. The maximum absolute atomic E-state index is 12.4. The van der Waals surface area contributed by atoms with Gasteiger partial charge in [-0.15, -0.1) is 0 Å². The van der Waals surface area contributed by atoms with Crippen LogP contribution in [0.5, 0.6) is 69.0 Å². The van der Waals surface area contributed by atoms with Gasteiger partial charge in [-0.2, -0.15) is 0 Å². The van der Waals surface area contributed by atoms with Crippen LogP contribution in [0, 0.1) is 13.8 Å². The van der Waals surface area contributed by atoms with Gasteiger partial charge in [0, 0.05) is 97.8 Å². The molecule has 0 aliphatic rings. The standard InChI is InChI=1S/6C14H15O4P.2C7H8.4Mn.4O/c6*1-17-11-3-7-13(8-4-11)19(15,16)14-9-5-12(18-2)6-10-14;2*1-7-5-3-2-4-6-7;;;;;;;;/h6*3-10H,1-2H3,(H,15,16);2*2-6H,1H3;;;;;;;;/q;;;;;;;;;;2*+3;4*-2/p-6. The topological polar surface area (TPSA) is 466 Å². The first kappa shape index (κ1) is 128. The molecular formula is C98H100Mn4O28P6-8. The Balaban J connectivity index is 0. The monoisotopic (exact) mass is 2130 g/mol. The summed E-state index contributed by atoms with van der Waals surface area (Å²) in [5.41, 5.74) is 2.64. The van der Waals surface area contributed by atoms with Crippen LogP contribution in [0.2, 0.25) is 0 Å². The number of benzene rings is 14. The van der Waals surface area contributed by atoms with Crippen LogP contribution >= 0.6 is 44.2 Å². The molecule has 2 radical (unpaired) electrons. The number of rotatable bonds is 24. The molecule has 0 aliphatic heterocycles. The number of ether oxygens (including phenoxy) is 12. The molecule has 0 spiro atoms. The van der Waals surface area contributed by atoms with Crippen LogP contribution < -0.4 is 150 Å². The molecule has 14 aromatic carbocycles. The van der Waals surface area contributed by atoms with E-state index < -0.39 is 44.2 Å². The molecule has 0 amide bonds. The molecule has 0 atom stereocenters. The van der Waals surface area contributed by atoms with E-state index in [0.717, 1.165) is 0 Å². The van der Waals surface area contributed by atoms with Crippen molar-refractivity contribution < 1.29 is 204 Å². The normalized spacial score (nSPS) is 10.2. The molecule has 0 N–H and O–H groups in total. The van der Waals surface area contributed by atoms with Crippen LogP contribution in [-0.2, 0) is 118 Å². The SMILES string of the molecule is COc1ccc(P(=O)([O-])c2ccc(OC)cc2)cc1.COc1ccc(P(=O)([O-])c2ccc(OC)cc2)cc1.COc1ccc(P(=O)([O-])c2ccc(OC)cc2)cc1.COc1ccc(P(=O)([O-])c2ccc(OC)cc2)cc1.COc1ccc(P(=O)([O-])c2ccc(OC)cc2)cc1.COc1ccc(P(=O)([O-])c2ccc(OC)cc2)cc1.Cc1ccccc1.Cc1ccccc1.[Mn+3].[Mn+3].[Mn].[Mn].[O-2].[O-2].[O-2].[O-2]. The molecule has 0 aliphatic carbocycles. The van der Waals surface area contributed by atoms with Gasteiger partial charge in [-0.05, 0) is 305 Å². The summed E-state index contributed by atoms with van der Waals surface area (Å²) in [5.74, 6) is 7.48. The Kier molecular flexibility index (Phi) is 59.4. The molecule has 136 heavy (non-hydrogen) atoms. The van der Waals surface area contributed by atoms with Gasteiger partial charge in [0.05, 0.1) is 130 Å². The van der Waals surface area contributed by atoms with Crippen molar-refractivity contribution in [3.8, 4) is 69.0 Å². The summed E-state index contributed by atoms with van der Waals surface area (Å²) in [7, 11) is -4.47. The third-order valence-corrected chi connectivity index (χ3v) is 30.6. The number of methoxy groups -OCH3 is 12. The van der Waals surface area contributed by atoms with Crippen LogP contribution in [0.1, 0.15) is 11.1 Å². The average molecular weight is 2130 g/mol. The maximum atomic E-state index is 12.4. The summed E-state index contributed by atoms with van der Waals surface area (Å²) < 4.78 is 134. The second-order valence-electron chi connectivity index (χ2n) is 27.0. The van der Waals surface area contributed by atoms with Crippen molar-refractivity contribution >= 4 is 108 Å². The fourth-order valence-electron chi connectivity index (χ4n) is 11.3. The van der Waals surface area contributed by atoms with E-state index in [9.17, 15) is 56.8 Å². The zero-order chi connectivity index (χ0) is 93.5. The molecule has 726 valence electrons. The Bertz CT molecular complexity index is 4780. The molecule has 0 unspecified atom stereocenters. The van der Waals surface area contributed by atoms with Gasteiger partial charge in [-0.1, -0.05) is 71.8 Å². The second-order valence-corrected chi connectivity index (χ2v) is 39.8. The molecule has 0 saturated carbocycles. The minimum atomic E-state index is -3.82. The molecule has 0 fully saturated rings. The Morgan fingerprint density at radius 1 is 0.154 bits per heavy atom. The average Bonchev–Trinajstić information content (AvgIpc) is 0.830. The molecule has 0 saturated heterocycles. The zero-order valence-electron chi connectivity index (χ0n) is 76.1. The van der Waals surface area contributed by atoms with E-state index in [2.05, 4.69) is 38.1 Å². The van der Waals surface area contributed by atoms with Gasteiger partial charge in [-0.3, -0.25) is 0 Å². The summed E-state index contributed by atoms with van der Waals surface area (Å²) in [6.07, 6.45) is 0. The molecule has 38 heteroatoms. The molecule has 14 rings (SSSR count). The fraction of sp³-hybridized carbons (Fsp3) is 0.143. The summed E-state index contributed by atoms with van der Waals surface area (Å²) in [6.45, 7) is 4.17. The Morgan fingerprint density at radius 3 is 0.279 bits per heavy atom. The van der Waals surface area contributed by atoms with E-state index in [1.165, 1.54) is 242 Å². The molecular weight excluding hydrogens is 2030 g/mol. The molecule has 28 nitrogen and oxygen atoms in total. The summed E-state index contributed by atoms with van der Waals surface area (Å²) in [4.78, 5) is 74.3. The van der Waals surface area contributed by atoms with Gasteiger partial charge in [0.25, 0.3) is 0 Å².